The minimum atomic E-state index is -4.46. The van der Waals surface area contributed by atoms with Gasteiger partial charge in [-0.05, 0) is 38.3 Å². The zero-order valence-electron chi connectivity index (χ0n) is 16.8. The highest BCUT2D eigenvalue weighted by atomic mass is 32.2. The molecule has 1 fully saturated rings. The van der Waals surface area contributed by atoms with Gasteiger partial charge in [-0.15, -0.1) is 10.2 Å². The fourth-order valence-corrected chi connectivity index (χ4v) is 4.09. The number of hydrogen-bond acceptors (Lipinski definition) is 6. The Bertz CT molecular complexity index is 868. The molecule has 3 rings (SSSR count). The highest BCUT2D eigenvalue weighted by Crippen LogP contribution is 2.34. The summed E-state index contributed by atoms with van der Waals surface area (Å²) >= 11 is 1.06. The number of carbonyl (C=O) groups excluding carboxylic acids is 1. The zero-order valence-corrected chi connectivity index (χ0v) is 17.6. The second-order valence-electron chi connectivity index (χ2n) is 6.93. The predicted octanol–water partition coefficient (Wildman–Crippen LogP) is 3.43. The number of methoxy groups -OCH3 is 1. The Hall–Kier alpha value is -2.43. The number of halogens is 3. The lowest BCUT2D eigenvalue weighted by Crippen LogP contribution is -2.38. The number of piperidine rings is 1. The molecule has 1 aromatic carbocycles. The minimum Gasteiger partial charge on any atom is -0.495 e. The van der Waals surface area contributed by atoms with Crippen molar-refractivity contribution in [3.63, 3.8) is 0 Å². The van der Waals surface area contributed by atoms with Crippen molar-refractivity contribution in [3.05, 3.63) is 24.3 Å². The molecule has 0 saturated carbocycles. The van der Waals surface area contributed by atoms with Crippen LogP contribution in [0.15, 0.2) is 29.4 Å². The van der Waals surface area contributed by atoms with Gasteiger partial charge in [0.25, 0.3) is 0 Å². The summed E-state index contributed by atoms with van der Waals surface area (Å²) in [7, 11) is 1.56. The molecular formula is C19H24F3N5O2S. The van der Waals surface area contributed by atoms with E-state index in [1.165, 1.54) is 6.92 Å². The summed E-state index contributed by atoms with van der Waals surface area (Å²) in [6.45, 7) is 1.84. The van der Waals surface area contributed by atoms with Crippen LogP contribution in [0.1, 0.15) is 26.2 Å². The molecule has 0 bridgehead atoms. The molecule has 1 saturated heterocycles. The fraction of sp³-hybridized carbons (Fsp3) is 0.526. The summed E-state index contributed by atoms with van der Waals surface area (Å²) in [5, 5.41) is 10.1. The van der Waals surface area contributed by atoms with Gasteiger partial charge < -0.3 is 15.0 Å². The van der Waals surface area contributed by atoms with Crippen molar-refractivity contribution < 1.29 is 22.7 Å². The second-order valence-corrected chi connectivity index (χ2v) is 8.24. The van der Waals surface area contributed by atoms with Crippen molar-refractivity contribution in [3.8, 4) is 11.4 Å². The monoisotopic (exact) mass is 443 g/mol. The summed E-state index contributed by atoms with van der Waals surface area (Å²) in [5.74, 6) is 0.516. The van der Waals surface area contributed by atoms with Crippen molar-refractivity contribution in [2.45, 2.75) is 42.8 Å². The third-order valence-corrected chi connectivity index (χ3v) is 5.74. The summed E-state index contributed by atoms with van der Waals surface area (Å²) < 4.78 is 44.5. The Morgan fingerprint density at radius 3 is 2.60 bits per heavy atom. The van der Waals surface area contributed by atoms with Crippen LogP contribution in [0.3, 0.4) is 0 Å². The van der Waals surface area contributed by atoms with E-state index in [0.717, 1.165) is 44.1 Å². The van der Waals surface area contributed by atoms with Crippen LogP contribution in [0.4, 0.5) is 19.1 Å². The summed E-state index contributed by atoms with van der Waals surface area (Å²) in [5.41, 5.74) is 0.705. The molecule has 1 amide bonds. The van der Waals surface area contributed by atoms with Gasteiger partial charge in [-0.1, -0.05) is 23.9 Å². The number of anilines is 1. The molecule has 0 radical (unpaired) electrons. The maximum Gasteiger partial charge on any atom is 0.405 e. The highest BCUT2D eigenvalue weighted by molar-refractivity contribution is 8.00. The van der Waals surface area contributed by atoms with Gasteiger partial charge in [0, 0.05) is 13.1 Å². The summed E-state index contributed by atoms with van der Waals surface area (Å²) in [6, 6.07) is 7.36. The smallest absolute Gasteiger partial charge is 0.405 e. The van der Waals surface area contributed by atoms with Gasteiger partial charge in [0.05, 0.1) is 18.0 Å². The SMILES string of the molecule is COc1ccccc1-n1c(S[C@H](C)C(=O)NCC(F)(F)F)nnc1N1CCCCC1. The van der Waals surface area contributed by atoms with Crippen LogP contribution < -0.4 is 15.0 Å². The molecule has 2 heterocycles. The van der Waals surface area contributed by atoms with Crippen LogP contribution in [0.2, 0.25) is 0 Å². The molecular weight excluding hydrogens is 419 g/mol. The number of rotatable bonds is 7. The van der Waals surface area contributed by atoms with E-state index < -0.39 is 23.9 Å². The first kappa shape index (κ1) is 22.3. The average molecular weight is 443 g/mol. The molecule has 1 aromatic heterocycles. The molecule has 2 aromatic rings. The van der Waals surface area contributed by atoms with Crippen molar-refractivity contribution >= 4 is 23.6 Å². The molecule has 1 atom stereocenters. The van der Waals surface area contributed by atoms with E-state index in [-0.39, 0.29) is 0 Å². The number of thioether (sulfide) groups is 1. The van der Waals surface area contributed by atoms with Crippen LogP contribution in [-0.4, -0.2) is 58.8 Å². The number of amides is 1. The number of ether oxygens (including phenoxy) is 1. The number of benzene rings is 1. The highest BCUT2D eigenvalue weighted by Gasteiger charge is 2.30. The predicted molar refractivity (Wildman–Crippen MR) is 108 cm³/mol. The zero-order chi connectivity index (χ0) is 21.7. The first-order valence-corrected chi connectivity index (χ1v) is 10.5. The fourth-order valence-electron chi connectivity index (χ4n) is 3.21. The molecule has 0 spiro atoms. The second kappa shape index (κ2) is 9.59. The number of hydrogen-bond donors (Lipinski definition) is 1. The molecule has 0 aliphatic carbocycles. The first-order chi connectivity index (χ1) is 14.3. The third kappa shape index (κ3) is 5.38. The Morgan fingerprint density at radius 2 is 1.93 bits per heavy atom. The van der Waals surface area contributed by atoms with Gasteiger partial charge in [0.15, 0.2) is 5.16 Å². The third-order valence-electron chi connectivity index (χ3n) is 4.70. The molecule has 0 unspecified atom stereocenters. The minimum absolute atomic E-state index is 0.412. The molecule has 1 aliphatic heterocycles. The molecule has 1 aliphatic rings. The van der Waals surface area contributed by atoms with Crippen LogP contribution in [0.5, 0.6) is 5.75 Å². The van der Waals surface area contributed by atoms with Crippen molar-refractivity contribution in [1.29, 1.82) is 0 Å². The van der Waals surface area contributed by atoms with Crippen LogP contribution in [0, 0.1) is 0 Å². The van der Waals surface area contributed by atoms with Gasteiger partial charge in [-0.25, -0.2) is 0 Å². The molecule has 164 valence electrons. The lowest BCUT2D eigenvalue weighted by atomic mass is 10.1. The van der Waals surface area contributed by atoms with E-state index in [1.54, 1.807) is 7.11 Å². The molecule has 11 heteroatoms. The van der Waals surface area contributed by atoms with E-state index in [2.05, 4.69) is 15.1 Å². The number of nitrogens with one attached hydrogen (secondary N) is 1. The average Bonchev–Trinajstić information content (AvgIpc) is 3.15. The van der Waals surface area contributed by atoms with Crippen LogP contribution in [-0.2, 0) is 4.79 Å². The normalized spacial score (nSPS) is 15.7. The Morgan fingerprint density at radius 1 is 1.23 bits per heavy atom. The lowest BCUT2D eigenvalue weighted by Gasteiger charge is -2.28. The Kier molecular flexibility index (Phi) is 7.11. The van der Waals surface area contributed by atoms with E-state index in [4.69, 9.17) is 4.74 Å². The summed E-state index contributed by atoms with van der Waals surface area (Å²) in [6.07, 6.45) is -1.23. The quantitative estimate of drug-likeness (QED) is 0.661. The number of aromatic nitrogens is 3. The topological polar surface area (TPSA) is 72.3 Å². The van der Waals surface area contributed by atoms with E-state index >= 15 is 0 Å². The van der Waals surface area contributed by atoms with Gasteiger partial charge >= 0.3 is 6.18 Å². The molecule has 1 N–H and O–H groups in total. The van der Waals surface area contributed by atoms with Gasteiger partial charge in [0.2, 0.25) is 11.9 Å². The van der Waals surface area contributed by atoms with Gasteiger partial charge in [-0.3, -0.25) is 9.36 Å². The molecule has 7 nitrogen and oxygen atoms in total. The first-order valence-electron chi connectivity index (χ1n) is 9.65. The summed E-state index contributed by atoms with van der Waals surface area (Å²) in [4.78, 5) is 14.3. The van der Waals surface area contributed by atoms with Crippen molar-refractivity contribution in [2.75, 3.05) is 31.6 Å². The van der Waals surface area contributed by atoms with E-state index in [1.807, 2.05) is 34.1 Å². The standard InChI is InChI=1S/C19H24F3N5O2S/c1-13(16(28)23-12-19(20,21)22)30-18-25-24-17(26-10-6-3-7-11-26)27(18)14-8-4-5-9-15(14)29-2/h4-5,8-9,13H,3,6-7,10-12H2,1-2H3,(H,23,28)/t13-/m1/s1. The van der Waals surface area contributed by atoms with E-state index in [0.29, 0.717) is 22.5 Å². The van der Waals surface area contributed by atoms with Crippen molar-refractivity contribution in [2.24, 2.45) is 0 Å². The van der Waals surface area contributed by atoms with Crippen LogP contribution >= 0.6 is 11.8 Å². The number of alkyl halides is 3. The number of para-hydroxylation sites is 2. The van der Waals surface area contributed by atoms with Gasteiger partial charge in [-0.2, -0.15) is 13.2 Å². The Labute approximate surface area is 177 Å². The van der Waals surface area contributed by atoms with Crippen molar-refractivity contribution in [1.82, 2.24) is 20.1 Å². The number of nitrogens with zero attached hydrogens (tertiary/aromatic N) is 4. The van der Waals surface area contributed by atoms with E-state index in [9.17, 15) is 18.0 Å². The van der Waals surface area contributed by atoms with Gasteiger partial charge in [0.1, 0.15) is 12.3 Å². The number of carbonyl (C=O) groups is 1. The lowest BCUT2D eigenvalue weighted by molar-refractivity contribution is -0.137. The maximum atomic E-state index is 12.4. The maximum absolute atomic E-state index is 12.4. The largest absolute Gasteiger partial charge is 0.495 e. The Balaban J connectivity index is 1.90. The molecule has 30 heavy (non-hydrogen) atoms. The van der Waals surface area contributed by atoms with Crippen LogP contribution in [0.25, 0.3) is 5.69 Å².